The van der Waals surface area contributed by atoms with Crippen LogP contribution in [0.3, 0.4) is 0 Å². The number of benzene rings is 1. The molecular weight excluding hydrogens is 250 g/mol. The zero-order valence-corrected chi connectivity index (χ0v) is 12.9. The van der Waals surface area contributed by atoms with E-state index >= 15 is 0 Å². The summed E-state index contributed by atoms with van der Waals surface area (Å²) in [6.45, 7) is 9.79. The van der Waals surface area contributed by atoms with Crippen LogP contribution in [-0.2, 0) is 0 Å². The van der Waals surface area contributed by atoms with E-state index in [-0.39, 0.29) is 11.9 Å². The van der Waals surface area contributed by atoms with Gasteiger partial charge in [0.25, 0.3) is 5.91 Å². The monoisotopic (exact) mass is 277 g/mol. The highest BCUT2D eigenvalue weighted by atomic mass is 16.1. The molecule has 4 N–H and O–H groups in total. The number of hydrogen-bond donors (Lipinski definition) is 3. The summed E-state index contributed by atoms with van der Waals surface area (Å²) in [7, 11) is 0. The molecule has 112 valence electrons. The molecule has 0 spiro atoms. The van der Waals surface area contributed by atoms with Crippen molar-refractivity contribution in [3.8, 4) is 0 Å². The molecule has 0 saturated heterocycles. The van der Waals surface area contributed by atoms with Gasteiger partial charge in [0.15, 0.2) is 0 Å². The smallest absolute Gasteiger partial charge is 0.251 e. The van der Waals surface area contributed by atoms with E-state index in [1.165, 1.54) is 0 Å². The third kappa shape index (κ3) is 5.21. The molecule has 0 aliphatic rings. The van der Waals surface area contributed by atoms with Gasteiger partial charge >= 0.3 is 0 Å². The summed E-state index contributed by atoms with van der Waals surface area (Å²) in [4.78, 5) is 11.8. The van der Waals surface area contributed by atoms with Crippen molar-refractivity contribution in [1.82, 2.24) is 5.32 Å². The number of rotatable bonds is 7. The summed E-state index contributed by atoms with van der Waals surface area (Å²) in [6.07, 6.45) is 0. The molecule has 0 fully saturated rings. The van der Waals surface area contributed by atoms with Gasteiger partial charge in [0.05, 0.1) is 0 Å². The fourth-order valence-electron chi connectivity index (χ4n) is 1.93. The van der Waals surface area contributed by atoms with Crippen LogP contribution < -0.4 is 16.4 Å². The molecular formula is C16H27N3O. The fourth-order valence-corrected chi connectivity index (χ4v) is 1.93. The van der Waals surface area contributed by atoms with E-state index in [0.717, 1.165) is 12.2 Å². The predicted molar refractivity (Wildman–Crippen MR) is 84.9 cm³/mol. The average molecular weight is 277 g/mol. The number of anilines is 1. The molecule has 1 rings (SSSR count). The van der Waals surface area contributed by atoms with E-state index in [0.29, 0.717) is 23.9 Å². The highest BCUT2D eigenvalue weighted by Gasteiger charge is 2.11. The van der Waals surface area contributed by atoms with Gasteiger partial charge in [-0.2, -0.15) is 0 Å². The Morgan fingerprint density at radius 3 is 2.20 bits per heavy atom. The first-order chi connectivity index (χ1) is 9.43. The summed E-state index contributed by atoms with van der Waals surface area (Å²) >= 11 is 0. The maximum absolute atomic E-state index is 11.8. The second kappa shape index (κ2) is 7.90. The molecule has 1 unspecified atom stereocenters. The topological polar surface area (TPSA) is 67.2 Å². The highest BCUT2D eigenvalue weighted by Crippen LogP contribution is 2.13. The molecule has 1 atom stereocenters. The van der Waals surface area contributed by atoms with Gasteiger partial charge in [0, 0.05) is 23.8 Å². The number of hydrogen-bond acceptors (Lipinski definition) is 3. The number of nitrogens with one attached hydrogen (secondary N) is 2. The van der Waals surface area contributed by atoms with Crippen molar-refractivity contribution in [1.29, 1.82) is 0 Å². The van der Waals surface area contributed by atoms with Gasteiger partial charge in [-0.3, -0.25) is 4.79 Å². The first-order valence-corrected chi connectivity index (χ1v) is 7.29. The van der Waals surface area contributed by atoms with Crippen molar-refractivity contribution in [3.05, 3.63) is 29.8 Å². The Morgan fingerprint density at radius 1 is 1.15 bits per heavy atom. The Balaban J connectivity index is 2.56. The van der Waals surface area contributed by atoms with Crippen molar-refractivity contribution in [2.75, 3.05) is 18.4 Å². The Bertz CT molecular complexity index is 412. The van der Waals surface area contributed by atoms with Gasteiger partial charge in [-0.25, -0.2) is 0 Å². The van der Waals surface area contributed by atoms with Crippen LogP contribution >= 0.6 is 0 Å². The molecule has 0 aliphatic heterocycles. The SMILES string of the molecule is CC(C)NC(=O)c1ccc(NCC(CN)C(C)C)cc1. The molecule has 4 nitrogen and oxygen atoms in total. The minimum atomic E-state index is -0.0337. The van der Waals surface area contributed by atoms with Gasteiger partial charge in [0.1, 0.15) is 0 Å². The molecule has 1 aromatic carbocycles. The minimum Gasteiger partial charge on any atom is -0.385 e. The third-order valence-corrected chi connectivity index (χ3v) is 3.38. The zero-order valence-electron chi connectivity index (χ0n) is 12.9. The van der Waals surface area contributed by atoms with Crippen LogP contribution in [0.5, 0.6) is 0 Å². The molecule has 1 amide bonds. The number of nitrogens with two attached hydrogens (primary N) is 1. The maximum atomic E-state index is 11.8. The van der Waals surface area contributed by atoms with Crippen LogP contribution in [0, 0.1) is 11.8 Å². The van der Waals surface area contributed by atoms with E-state index in [2.05, 4.69) is 24.5 Å². The molecule has 0 aliphatic carbocycles. The van der Waals surface area contributed by atoms with E-state index in [9.17, 15) is 4.79 Å². The van der Waals surface area contributed by atoms with Crippen molar-refractivity contribution >= 4 is 11.6 Å². The lowest BCUT2D eigenvalue weighted by atomic mass is 9.96. The molecule has 0 saturated carbocycles. The number of carbonyl (C=O) groups is 1. The zero-order chi connectivity index (χ0) is 15.1. The Labute approximate surface area is 122 Å². The van der Waals surface area contributed by atoms with Crippen LogP contribution in [0.1, 0.15) is 38.1 Å². The standard InChI is InChI=1S/C16H27N3O/c1-11(2)14(9-17)10-18-15-7-5-13(6-8-15)16(20)19-12(3)4/h5-8,11-12,14,18H,9-10,17H2,1-4H3,(H,19,20). The van der Waals surface area contributed by atoms with E-state index in [1.54, 1.807) is 0 Å². The number of carbonyl (C=O) groups excluding carboxylic acids is 1. The lowest BCUT2D eigenvalue weighted by molar-refractivity contribution is 0.0943. The summed E-state index contributed by atoms with van der Waals surface area (Å²) in [5.74, 6) is 0.982. The summed E-state index contributed by atoms with van der Waals surface area (Å²) in [5.41, 5.74) is 7.46. The van der Waals surface area contributed by atoms with Crippen LogP contribution in [0.15, 0.2) is 24.3 Å². The second-order valence-electron chi connectivity index (χ2n) is 5.83. The van der Waals surface area contributed by atoms with Crippen molar-refractivity contribution in [2.24, 2.45) is 17.6 Å². The predicted octanol–water partition coefficient (Wildman–Crippen LogP) is 2.47. The van der Waals surface area contributed by atoms with Gasteiger partial charge in [-0.05, 0) is 56.5 Å². The van der Waals surface area contributed by atoms with Gasteiger partial charge in [0.2, 0.25) is 0 Å². The first kappa shape index (κ1) is 16.5. The molecule has 4 heteroatoms. The van der Waals surface area contributed by atoms with Crippen molar-refractivity contribution < 1.29 is 4.79 Å². The van der Waals surface area contributed by atoms with Gasteiger partial charge < -0.3 is 16.4 Å². The van der Waals surface area contributed by atoms with E-state index < -0.39 is 0 Å². The van der Waals surface area contributed by atoms with E-state index in [4.69, 9.17) is 5.73 Å². The first-order valence-electron chi connectivity index (χ1n) is 7.29. The van der Waals surface area contributed by atoms with E-state index in [1.807, 2.05) is 38.1 Å². The Hall–Kier alpha value is -1.55. The molecule has 0 bridgehead atoms. The van der Waals surface area contributed by atoms with Crippen molar-refractivity contribution in [3.63, 3.8) is 0 Å². The normalized spacial score (nSPS) is 12.6. The summed E-state index contributed by atoms with van der Waals surface area (Å²) < 4.78 is 0. The fraction of sp³-hybridized carbons (Fsp3) is 0.562. The summed E-state index contributed by atoms with van der Waals surface area (Å²) in [5, 5.41) is 6.25. The quantitative estimate of drug-likeness (QED) is 0.717. The Kier molecular flexibility index (Phi) is 6.52. The molecule has 0 radical (unpaired) electrons. The maximum Gasteiger partial charge on any atom is 0.251 e. The molecule has 20 heavy (non-hydrogen) atoms. The van der Waals surface area contributed by atoms with Crippen LogP contribution in [-0.4, -0.2) is 25.0 Å². The molecule has 0 heterocycles. The van der Waals surface area contributed by atoms with Crippen molar-refractivity contribution in [2.45, 2.75) is 33.7 Å². The highest BCUT2D eigenvalue weighted by molar-refractivity contribution is 5.94. The second-order valence-corrected chi connectivity index (χ2v) is 5.83. The lowest BCUT2D eigenvalue weighted by Gasteiger charge is -2.20. The van der Waals surface area contributed by atoms with Gasteiger partial charge in [-0.1, -0.05) is 13.8 Å². The average Bonchev–Trinajstić information content (AvgIpc) is 2.39. The largest absolute Gasteiger partial charge is 0.385 e. The van der Waals surface area contributed by atoms with Crippen LogP contribution in [0.4, 0.5) is 5.69 Å². The molecule has 1 aromatic rings. The molecule has 0 aromatic heterocycles. The van der Waals surface area contributed by atoms with Crippen LogP contribution in [0.2, 0.25) is 0 Å². The summed E-state index contributed by atoms with van der Waals surface area (Å²) in [6, 6.07) is 7.70. The Morgan fingerprint density at radius 2 is 1.75 bits per heavy atom. The van der Waals surface area contributed by atoms with Gasteiger partial charge in [-0.15, -0.1) is 0 Å². The lowest BCUT2D eigenvalue weighted by Crippen LogP contribution is -2.30. The van der Waals surface area contributed by atoms with Crippen LogP contribution in [0.25, 0.3) is 0 Å². The number of amides is 1. The minimum absolute atomic E-state index is 0.0337. The third-order valence-electron chi connectivity index (χ3n) is 3.38.